The molecule has 2 unspecified atom stereocenters. The standard InChI is InChI=1S/C14H30N2O/c1-6-14(3,10-15-13-7-8-13)11-16(4)12(2)9-17-5/h12-13,15H,6-11H2,1-5H3. The number of methoxy groups -OCH3 is 1. The van der Waals surface area contributed by atoms with E-state index in [4.69, 9.17) is 4.74 Å². The first kappa shape index (κ1) is 14.9. The summed E-state index contributed by atoms with van der Waals surface area (Å²) in [7, 11) is 3.98. The van der Waals surface area contributed by atoms with E-state index in [1.54, 1.807) is 7.11 Å². The van der Waals surface area contributed by atoms with E-state index in [1.165, 1.54) is 19.3 Å². The molecule has 3 nitrogen and oxygen atoms in total. The van der Waals surface area contributed by atoms with E-state index in [2.05, 4.69) is 38.0 Å². The quantitative estimate of drug-likeness (QED) is 0.670. The number of hydrogen-bond donors (Lipinski definition) is 1. The van der Waals surface area contributed by atoms with Gasteiger partial charge in [0.1, 0.15) is 0 Å². The predicted octanol–water partition coefficient (Wildman–Crippen LogP) is 2.12. The fourth-order valence-corrected chi connectivity index (χ4v) is 2.10. The second kappa shape index (κ2) is 6.72. The summed E-state index contributed by atoms with van der Waals surface area (Å²) in [5.41, 5.74) is 0.374. The SMILES string of the molecule is CCC(C)(CNC1CC1)CN(C)C(C)COC. The third-order valence-electron chi connectivity index (χ3n) is 4.04. The van der Waals surface area contributed by atoms with Crippen LogP contribution in [0.25, 0.3) is 0 Å². The first-order valence-electron chi connectivity index (χ1n) is 6.93. The van der Waals surface area contributed by atoms with E-state index in [1.807, 2.05) is 0 Å². The van der Waals surface area contributed by atoms with E-state index >= 15 is 0 Å². The van der Waals surface area contributed by atoms with Gasteiger partial charge in [0.15, 0.2) is 0 Å². The van der Waals surface area contributed by atoms with E-state index in [0.29, 0.717) is 11.5 Å². The van der Waals surface area contributed by atoms with Crippen LogP contribution >= 0.6 is 0 Å². The molecule has 1 saturated carbocycles. The Morgan fingerprint density at radius 1 is 1.47 bits per heavy atom. The van der Waals surface area contributed by atoms with Gasteiger partial charge in [-0.3, -0.25) is 0 Å². The second-order valence-corrected chi connectivity index (χ2v) is 6.04. The minimum Gasteiger partial charge on any atom is -0.383 e. The highest BCUT2D eigenvalue weighted by Gasteiger charge is 2.29. The van der Waals surface area contributed by atoms with Crippen molar-refractivity contribution < 1.29 is 4.74 Å². The minimum atomic E-state index is 0.374. The van der Waals surface area contributed by atoms with Crippen LogP contribution in [0, 0.1) is 5.41 Å². The minimum absolute atomic E-state index is 0.374. The van der Waals surface area contributed by atoms with Crippen LogP contribution < -0.4 is 5.32 Å². The average molecular weight is 242 g/mol. The van der Waals surface area contributed by atoms with Gasteiger partial charge in [-0.05, 0) is 38.6 Å². The van der Waals surface area contributed by atoms with E-state index in [9.17, 15) is 0 Å². The Morgan fingerprint density at radius 3 is 2.59 bits per heavy atom. The Kier molecular flexibility index (Phi) is 5.90. The molecule has 0 aliphatic heterocycles. The Bertz CT molecular complexity index is 218. The Balaban J connectivity index is 2.36. The van der Waals surface area contributed by atoms with Crippen molar-refractivity contribution in [2.24, 2.45) is 5.41 Å². The summed E-state index contributed by atoms with van der Waals surface area (Å²) in [5.74, 6) is 0. The molecule has 0 radical (unpaired) electrons. The van der Waals surface area contributed by atoms with E-state index in [-0.39, 0.29) is 0 Å². The van der Waals surface area contributed by atoms with Gasteiger partial charge in [0, 0.05) is 32.3 Å². The summed E-state index contributed by atoms with van der Waals surface area (Å²) in [6.45, 7) is 9.99. The van der Waals surface area contributed by atoms with Gasteiger partial charge < -0.3 is 15.0 Å². The van der Waals surface area contributed by atoms with Crippen molar-refractivity contribution in [1.29, 1.82) is 0 Å². The monoisotopic (exact) mass is 242 g/mol. The van der Waals surface area contributed by atoms with Crippen LogP contribution in [0.2, 0.25) is 0 Å². The van der Waals surface area contributed by atoms with Crippen molar-refractivity contribution in [2.75, 3.05) is 33.9 Å². The second-order valence-electron chi connectivity index (χ2n) is 6.04. The topological polar surface area (TPSA) is 24.5 Å². The molecule has 0 aromatic rings. The number of ether oxygens (including phenoxy) is 1. The van der Waals surface area contributed by atoms with Gasteiger partial charge in [0.2, 0.25) is 0 Å². The Labute approximate surface area is 107 Å². The van der Waals surface area contributed by atoms with Gasteiger partial charge in [-0.15, -0.1) is 0 Å². The van der Waals surface area contributed by atoms with Crippen LogP contribution in [0.1, 0.15) is 40.0 Å². The number of rotatable bonds is 9. The van der Waals surface area contributed by atoms with Gasteiger partial charge in [-0.2, -0.15) is 0 Å². The van der Waals surface area contributed by atoms with Crippen molar-refractivity contribution in [3.63, 3.8) is 0 Å². The maximum Gasteiger partial charge on any atom is 0.0615 e. The van der Waals surface area contributed by atoms with Crippen LogP contribution in [0.3, 0.4) is 0 Å². The lowest BCUT2D eigenvalue weighted by atomic mass is 9.86. The third kappa shape index (κ3) is 5.36. The lowest BCUT2D eigenvalue weighted by Gasteiger charge is -2.36. The lowest BCUT2D eigenvalue weighted by Crippen LogP contribution is -2.45. The molecule has 17 heavy (non-hydrogen) atoms. The van der Waals surface area contributed by atoms with Crippen LogP contribution in [0.15, 0.2) is 0 Å². The molecular weight excluding hydrogens is 212 g/mol. The zero-order valence-corrected chi connectivity index (χ0v) is 12.3. The van der Waals surface area contributed by atoms with Crippen LogP contribution in [-0.4, -0.2) is 50.8 Å². The van der Waals surface area contributed by atoms with Gasteiger partial charge in [0.05, 0.1) is 6.61 Å². The van der Waals surface area contributed by atoms with Crippen molar-refractivity contribution in [2.45, 2.75) is 52.1 Å². The molecule has 1 aliphatic rings. The van der Waals surface area contributed by atoms with Crippen molar-refractivity contribution >= 4 is 0 Å². The molecule has 0 saturated heterocycles. The fourth-order valence-electron chi connectivity index (χ4n) is 2.10. The Hall–Kier alpha value is -0.120. The van der Waals surface area contributed by atoms with Crippen molar-refractivity contribution in [1.82, 2.24) is 10.2 Å². The first-order valence-corrected chi connectivity index (χ1v) is 6.93. The van der Waals surface area contributed by atoms with Gasteiger partial charge in [-0.25, -0.2) is 0 Å². The molecule has 0 bridgehead atoms. The normalized spacial score (nSPS) is 21.5. The van der Waals surface area contributed by atoms with Gasteiger partial charge in [-0.1, -0.05) is 13.8 Å². The number of nitrogens with zero attached hydrogens (tertiary/aromatic N) is 1. The van der Waals surface area contributed by atoms with E-state index in [0.717, 1.165) is 25.7 Å². The number of nitrogens with one attached hydrogen (secondary N) is 1. The van der Waals surface area contributed by atoms with Crippen LogP contribution in [0.4, 0.5) is 0 Å². The summed E-state index contributed by atoms with van der Waals surface area (Å²) in [5, 5.41) is 3.67. The maximum atomic E-state index is 5.22. The molecule has 2 atom stereocenters. The summed E-state index contributed by atoms with van der Waals surface area (Å²) < 4.78 is 5.22. The zero-order valence-electron chi connectivity index (χ0n) is 12.3. The highest BCUT2D eigenvalue weighted by molar-refractivity contribution is 4.87. The summed E-state index contributed by atoms with van der Waals surface area (Å²) in [4.78, 5) is 2.42. The average Bonchev–Trinajstić information content (AvgIpc) is 3.10. The molecule has 0 spiro atoms. The molecule has 1 rings (SSSR count). The van der Waals surface area contributed by atoms with Crippen LogP contribution in [0.5, 0.6) is 0 Å². The molecule has 3 heteroatoms. The lowest BCUT2D eigenvalue weighted by molar-refractivity contribution is 0.0835. The smallest absolute Gasteiger partial charge is 0.0615 e. The molecular formula is C14H30N2O. The van der Waals surface area contributed by atoms with Crippen molar-refractivity contribution in [3.8, 4) is 0 Å². The maximum absolute atomic E-state index is 5.22. The fraction of sp³-hybridized carbons (Fsp3) is 1.00. The first-order chi connectivity index (χ1) is 8.00. The van der Waals surface area contributed by atoms with Gasteiger partial charge >= 0.3 is 0 Å². The largest absolute Gasteiger partial charge is 0.383 e. The molecule has 1 N–H and O–H groups in total. The van der Waals surface area contributed by atoms with Crippen LogP contribution in [-0.2, 0) is 4.74 Å². The summed E-state index contributed by atoms with van der Waals surface area (Å²) in [6.07, 6.45) is 3.96. The molecule has 1 fully saturated rings. The molecule has 0 amide bonds. The molecule has 0 aromatic heterocycles. The van der Waals surface area contributed by atoms with E-state index < -0.39 is 0 Å². The summed E-state index contributed by atoms with van der Waals surface area (Å²) >= 11 is 0. The highest BCUT2D eigenvalue weighted by atomic mass is 16.5. The Morgan fingerprint density at radius 2 is 2.12 bits per heavy atom. The van der Waals surface area contributed by atoms with Gasteiger partial charge in [0.25, 0.3) is 0 Å². The highest BCUT2D eigenvalue weighted by Crippen LogP contribution is 2.25. The summed E-state index contributed by atoms with van der Waals surface area (Å²) in [6, 6.07) is 1.30. The molecule has 102 valence electrons. The molecule has 0 aromatic carbocycles. The predicted molar refractivity (Wildman–Crippen MR) is 73.4 cm³/mol. The molecule has 1 aliphatic carbocycles. The zero-order chi connectivity index (χ0) is 12.9. The third-order valence-corrected chi connectivity index (χ3v) is 4.04. The van der Waals surface area contributed by atoms with Crippen molar-refractivity contribution in [3.05, 3.63) is 0 Å². The number of likely N-dealkylation sites (N-methyl/N-ethyl adjacent to an activating group) is 1. The number of hydrogen-bond acceptors (Lipinski definition) is 3. The molecule has 0 heterocycles.